The number of anilines is 1. The molecule has 0 bridgehead atoms. The van der Waals surface area contributed by atoms with Crippen molar-refractivity contribution in [1.82, 2.24) is 4.90 Å². The maximum absolute atomic E-state index is 11.8. The monoisotopic (exact) mass is 284 g/mol. The van der Waals surface area contributed by atoms with Gasteiger partial charge in [-0.05, 0) is 31.5 Å². The maximum Gasteiger partial charge on any atom is 0.320 e. The minimum atomic E-state index is -0.847. The van der Waals surface area contributed by atoms with Gasteiger partial charge in [0.1, 0.15) is 6.04 Å². The van der Waals surface area contributed by atoms with E-state index in [4.69, 9.17) is 5.11 Å². The highest BCUT2D eigenvalue weighted by molar-refractivity contribution is 5.92. The van der Waals surface area contributed by atoms with Crippen LogP contribution in [0.15, 0.2) is 30.3 Å². The molecule has 1 aromatic carbocycles. The smallest absolute Gasteiger partial charge is 0.320 e. The van der Waals surface area contributed by atoms with Crippen molar-refractivity contribution in [1.29, 1.82) is 0 Å². The molecule has 1 aliphatic heterocycles. The van der Waals surface area contributed by atoms with E-state index in [-0.39, 0.29) is 24.9 Å². The summed E-state index contributed by atoms with van der Waals surface area (Å²) in [6.07, 6.45) is 1.45. The standard InChI is InChI=1S/C13H16N2O3.ClH/c16-12(14-10-5-2-1-3-6-10)9-15-8-4-7-11(15)13(17)18;/h1-3,5-6,11H,4,7-9H2,(H,14,16)(H,17,18);1H. The lowest BCUT2D eigenvalue weighted by atomic mass is 10.2. The normalized spacial score (nSPS) is 18.6. The molecule has 2 N–H and O–H groups in total. The molecule has 1 unspecified atom stereocenters. The van der Waals surface area contributed by atoms with Crippen molar-refractivity contribution in [3.8, 4) is 0 Å². The molecule has 1 fully saturated rings. The van der Waals surface area contributed by atoms with Crippen LogP contribution >= 0.6 is 12.4 Å². The van der Waals surface area contributed by atoms with Gasteiger partial charge in [-0.2, -0.15) is 0 Å². The SMILES string of the molecule is Cl.O=C(CN1CCCC1C(=O)O)Nc1ccccc1. The van der Waals surface area contributed by atoms with Gasteiger partial charge in [0, 0.05) is 5.69 Å². The van der Waals surface area contributed by atoms with Gasteiger partial charge < -0.3 is 10.4 Å². The Bertz CT molecular complexity index is 439. The summed E-state index contributed by atoms with van der Waals surface area (Å²) in [5.41, 5.74) is 0.730. The average molecular weight is 285 g/mol. The number of carboxylic acids is 1. The van der Waals surface area contributed by atoms with Crippen molar-refractivity contribution in [3.63, 3.8) is 0 Å². The highest BCUT2D eigenvalue weighted by Crippen LogP contribution is 2.17. The van der Waals surface area contributed by atoms with Crippen LogP contribution in [0.4, 0.5) is 5.69 Å². The summed E-state index contributed by atoms with van der Waals surface area (Å²) in [6.45, 7) is 0.797. The van der Waals surface area contributed by atoms with Gasteiger partial charge in [-0.1, -0.05) is 18.2 Å². The highest BCUT2D eigenvalue weighted by Gasteiger charge is 2.31. The molecule has 19 heavy (non-hydrogen) atoms. The van der Waals surface area contributed by atoms with Crippen LogP contribution in [0, 0.1) is 0 Å². The Morgan fingerprint density at radius 3 is 2.63 bits per heavy atom. The van der Waals surface area contributed by atoms with Gasteiger partial charge in [0.15, 0.2) is 0 Å². The third-order valence-electron chi connectivity index (χ3n) is 3.05. The third-order valence-corrected chi connectivity index (χ3v) is 3.05. The van der Waals surface area contributed by atoms with Crippen LogP contribution < -0.4 is 5.32 Å². The Morgan fingerprint density at radius 2 is 2.00 bits per heavy atom. The number of nitrogens with one attached hydrogen (secondary N) is 1. The summed E-state index contributed by atoms with van der Waals surface area (Å²) < 4.78 is 0. The second kappa shape index (κ2) is 7.11. The van der Waals surface area contributed by atoms with E-state index >= 15 is 0 Å². The Kier molecular flexibility index (Phi) is 5.79. The number of carbonyl (C=O) groups excluding carboxylic acids is 1. The molecular formula is C13H17ClN2O3. The number of halogens is 1. The summed E-state index contributed by atoms with van der Waals surface area (Å²) >= 11 is 0. The fourth-order valence-corrected chi connectivity index (χ4v) is 2.20. The van der Waals surface area contributed by atoms with Crippen molar-refractivity contribution in [2.45, 2.75) is 18.9 Å². The molecule has 5 nitrogen and oxygen atoms in total. The number of hydrogen-bond donors (Lipinski definition) is 2. The van der Waals surface area contributed by atoms with E-state index in [1.807, 2.05) is 18.2 Å². The number of benzene rings is 1. The predicted molar refractivity (Wildman–Crippen MR) is 74.6 cm³/mol. The zero-order valence-corrected chi connectivity index (χ0v) is 11.2. The maximum atomic E-state index is 11.8. The average Bonchev–Trinajstić information content (AvgIpc) is 2.78. The van der Waals surface area contributed by atoms with E-state index in [0.29, 0.717) is 13.0 Å². The number of para-hydroxylation sites is 1. The van der Waals surface area contributed by atoms with E-state index in [0.717, 1.165) is 12.1 Å². The summed E-state index contributed by atoms with van der Waals surface area (Å²) in [6, 6.07) is 8.63. The molecule has 1 atom stereocenters. The van der Waals surface area contributed by atoms with Gasteiger partial charge >= 0.3 is 5.97 Å². The van der Waals surface area contributed by atoms with Gasteiger partial charge in [0.05, 0.1) is 6.54 Å². The molecule has 1 saturated heterocycles. The molecule has 0 radical (unpaired) electrons. The number of rotatable bonds is 4. The molecular weight excluding hydrogens is 268 g/mol. The van der Waals surface area contributed by atoms with Gasteiger partial charge in [0.2, 0.25) is 5.91 Å². The molecule has 1 amide bonds. The minimum absolute atomic E-state index is 0. The third kappa shape index (κ3) is 4.22. The van der Waals surface area contributed by atoms with Crippen LogP contribution in [0.25, 0.3) is 0 Å². The van der Waals surface area contributed by atoms with Crippen LogP contribution in [0.3, 0.4) is 0 Å². The number of hydrogen-bond acceptors (Lipinski definition) is 3. The van der Waals surface area contributed by atoms with Crippen molar-refractivity contribution in [2.75, 3.05) is 18.4 Å². The first-order valence-electron chi connectivity index (χ1n) is 5.98. The van der Waals surface area contributed by atoms with Crippen LogP contribution in [0.2, 0.25) is 0 Å². The Balaban J connectivity index is 0.00000180. The van der Waals surface area contributed by atoms with Crippen molar-refractivity contribution >= 4 is 30.0 Å². The van der Waals surface area contributed by atoms with Gasteiger partial charge in [-0.3, -0.25) is 14.5 Å². The number of carbonyl (C=O) groups is 2. The molecule has 0 saturated carbocycles. The number of aliphatic carboxylic acids is 1. The Labute approximate surface area is 118 Å². The number of carboxylic acid groups (broad SMARTS) is 1. The van der Waals surface area contributed by atoms with Crippen LogP contribution in [0.5, 0.6) is 0 Å². The molecule has 1 aliphatic rings. The molecule has 0 aromatic heterocycles. The van der Waals surface area contributed by atoms with Gasteiger partial charge in [0.25, 0.3) is 0 Å². The topological polar surface area (TPSA) is 69.6 Å². The molecule has 0 spiro atoms. The van der Waals surface area contributed by atoms with Crippen molar-refractivity contribution in [2.24, 2.45) is 0 Å². The first-order chi connectivity index (χ1) is 8.66. The first-order valence-corrected chi connectivity index (χ1v) is 5.98. The number of amides is 1. The van der Waals surface area contributed by atoms with Gasteiger partial charge in [-0.25, -0.2) is 0 Å². The molecule has 104 valence electrons. The largest absolute Gasteiger partial charge is 0.480 e. The fourth-order valence-electron chi connectivity index (χ4n) is 2.20. The minimum Gasteiger partial charge on any atom is -0.480 e. The number of nitrogens with zero attached hydrogens (tertiary/aromatic N) is 1. The second-order valence-electron chi connectivity index (χ2n) is 4.38. The Hall–Kier alpha value is -1.59. The second-order valence-corrected chi connectivity index (χ2v) is 4.38. The molecule has 2 rings (SSSR count). The summed E-state index contributed by atoms with van der Waals surface area (Å²) in [4.78, 5) is 24.5. The van der Waals surface area contributed by atoms with E-state index in [9.17, 15) is 9.59 Å². The number of likely N-dealkylation sites (tertiary alicyclic amines) is 1. The van der Waals surface area contributed by atoms with Crippen molar-refractivity contribution in [3.05, 3.63) is 30.3 Å². The summed E-state index contributed by atoms with van der Waals surface area (Å²) in [5, 5.41) is 11.8. The lowest BCUT2D eigenvalue weighted by Gasteiger charge is -2.20. The fraction of sp³-hybridized carbons (Fsp3) is 0.385. The zero-order chi connectivity index (χ0) is 13.0. The highest BCUT2D eigenvalue weighted by atomic mass is 35.5. The molecule has 6 heteroatoms. The van der Waals surface area contributed by atoms with E-state index in [1.165, 1.54) is 0 Å². The van der Waals surface area contributed by atoms with E-state index < -0.39 is 12.0 Å². The summed E-state index contributed by atoms with van der Waals surface area (Å²) in [7, 11) is 0. The lowest BCUT2D eigenvalue weighted by molar-refractivity contribution is -0.142. The molecule has 0 aliphatic carbocycles. The predicted octanol–water partition coefficient (Wildman–Crippen LogP) is 1.60. The Morgan fingerprint density at radius 1 is 1.32 bits per heavy atom. The lowest BCUT2D eigenvalue weighted by Crippen LogP contribution is -2.40. The zero-order valence-electron chi connectivity index (χ0n) is 10.4. The van der Waals surface area contributed by atoms with E-state index in [1.54, 1.807) is 17.0 Å². The van der Waals surface area contributed by atoms with Crippen LogP contribution in [0.1, 0.15) is 12.8 Å². The van der Waals surface area contributed by atoms with Crippen molar-refractivity contribution < 1.29 is 14.7 Å². The van der Waals surface area contributed by atoms with Crippen LogP contribution in [-0.4, -0.2) is 41.0 Å². The van der Waals surface area contributed by atoms with E-state index in [2.05, 4.69) is 5.32 Å². The quantitative estimate of drug-likeness (QED) is 0.881. The summed E-state index contributed by atoms with van der Waals surface area (Å²) in [5.74, 6) is -1.02. The van der Waals surface area contributed by atoms with Crippen LogP contribution in [-0.2, 0) is 9.59 Å². The van der Waals surface area contributed by atoms with Gasteiger partial charge in [-0.15, -0.1) is 12.4 Å². The first kappa shape index (κ1) is 15.5. The molecule has 1 heterocycles. The molecule has 1 aromatic rings.